The van der Waals surface area contributed by atoms with Crippen molar-refractivity contribution in [1.29, 1.82) is 0 Å². The first kappa shape index (κ1) is 13.9. The lowest BCUT2D eigenvalue weighted by molar-refractivity contribution is 0.0933. The fraction of sp³-hybridized carbons (Fsp3) is 0.769. The van der Waals surface area contributed by atoms with Crippen LogP contribution in [0, 0.1) is 0 Å². The van der Waals surface area contributed by atoms with Crippen molar-refractivity contribution in [1.82, 2.24) is 14.8 Å². The molecule has 1 aromatic rings. The summed E-state index contributed by atoms with van der Waals surface area (Å²) >= 11 is 1.79. The second-order valence-electron chi connectivity index (χ2n) is 4.70. The molecule has 102 valence electrons. The lowest BCUT2D eigenvalue weighted by atomic mass is 10.3. The van der Waals surface area contributed by atoms with Gasteiger partial charge in [0.05, 0.1) is 17.3 Å². The van der Waals surface area contributed by atoms with Gasteiger partial charge in [0.2, 0.25) is 0 Å². The van der Waals surface area contributed by atoms with Crippen LogP contribution in [-0.4, -0.2) is 61.2 Å². The Labute approximate surface area is 114 Å². The molecule has 0 amide bonds. The van der Waals surface area contributed by atoms with Gasteiger partial charge in [0, 0.05) is 51.8 Å². The van der Waals surface area contributed by atoms with Crippen molar-refractivity contribution in [3.8, 4) is 0 Å². The van der Waals surface area contributed by atoms with Crippen molar-refractivity contribution in [2.24, 2.45) is 0 Å². The van der Waals surface area contributed by atoms with E-state index < -0.39 is 0 Å². The molecule has 4 nitrogen and oxygen atoms in total. The van der Waals surface area contributed by atoms with E-state index in [4.69, 9.17) is 4.74 Å². The smallest absolute Gasteiger partial charge is 0.0926 e. The number of hydrogen-bond donors (Lipinski definition) is 0. The SMILES string of the molecule is CCc1nc(CN2CCN(CCOC)CC2)cs1. The predicted octanol–water partition coefficient (Wildman–Crippen LogP) is 1.47. The fourth-order valence-electron chi connectivity index (χ4n) is 2.20. The molecule has 0 unspecified atom stereocenters. The van der Waals surface area contributed by atoms with Gasteiger partial charge in [-0.05, 0) is 6.42 Å². The van der Waals surface area contributed by atoms with Crippen LogP contribution in [0.1, 0.15) is 17.6 Å². The largest absolute Gasteiger partial charge is 0.383 e. The van der Waals surface area contributed by atoms with Gasteiger partial charge in [0.25, 0.3) is 0 Å². The standard InChI is InChI=1S/C13H23N3OS/c1-3-13-14-12(11-18-13)10-16-6-4-15(5-7-16)8-9-17-2/h11H,3-10H2,1-2H3. The molecule has 0 aliphatic carbocycles. The highest BCUT2D eigenvalue weighted by Crippen LogP contribution is 2.13. The first-order valence-electron chi connectivity index (χ1n) is 6.68. The Morgan fingerprint density at radius 2 is 2.00 bits per heavy atom. The van der Waals surface area contributed by atoms with Gasteiger partial charge in [-0.25, -0.2) is 4.98 Å². The number of aromatic nitrogens is 1. The molecule has 0 atom stereocenters. The van der Waals surface area contributed by atoms with E-state index in [-0.39, 0.29) is 0 Å². The van der Waals surface area contributed by atoms with Crippen LogP contribution in [0.5, 0.6) is 0 Å². The summed E-state index contributed by atoms with van der Waals surface area (Å²) in [4.78, 5) is 9.60. The summed E-state index contributed by atoms with van der Waals surface area (Å²) in [5.41, 5.74) is 1.24. The molecule has 0 spiro atoms. The van der Waals surface area contributed by atoms with Crippen molar-refractivity contribution in [2.75, 3.05) is 46.4 Å². The second-order valence-corrected chi connectivity index (χ2v) is 5.64. The third-order valence-electron chi connectivity index (χ3n) is 3.36. The number of aryl methyl sites for hydroxylation is 1. The summed E-state index contributed by atoms with van der Waals surface area (Å²) in [7, 11) is 1.77. The van der Waals surface area contributed by atoms with Crippen molar-refractivity contribution in [2.45, 2.75) is 19.9 Å². The van der Waals surface area contributed by atoms with Crippen LogP contribution in [0.4, 0.5) is 0 Å². The van der Waals surface area contributed by atoms with Crippen molar-refractivity contribution < 1.29 is 4.74 Å². The highest BCUT2D eigenvalue weighted by Gasteiger charge is 2.17. The molecule has 0 radical (unpaired) electrons. The average molecular weight is 269 g/mol. The van der Waals surface area contributed by atoms with Crippen LogP contribution in [0.25, 0.3) is 0 Å². The second kappa shape index (κ2) is 7.19. The van der Waals surface area contributed by atoms with Crippen molar-refractivity contribution in [3.05, 3.63) is 16.1 Å². The zero-order chi connectivity index (χ0) is 12.8. The maximum atomic E-state index is 5.12. The minimum atomic E-state index is 0.839. The van der Waals surface area contributed by atoms with Crippen LogP contribution in [0.15, 0.2) is 5.38 Å². The minimum Gasteiger partial charge on any atom is -0.383 e. The van der Waals surface area contributed by atoms with Gasteiger partial charge in [0.1, 0.15) is 0 Å². The molecule has 0 bridgehead atoms. The number of hydrogen-bond acceptors (Lipinski definition) is 5. The van der Waals surface area contributed by atoms with Crippen LogP contribution in [0.3, 0.4) is 0 Å². The molecule has 0 aromatic carbocycles. The van der Waals surface area contributed by atoms with Crippen LogP contribution in [-0.2, 0) is 17.7 Å². The lowest BCUT2D eigenvalue weighted by Gasteiger charge is -2.34. The molecule has 2 rings (SSSR count). The molecule has 18 heavy (non-hydrogen) atoms. The molecule has 2 heterocycles. The van der Waals surface area contributed by atoms with Gasteiger partial charge in [-0.2, -0.15) is 0 Å². The third-order valence-corrected chi connectivity index (χ3v) is 4.41. The van der Waals surface area contributed by atoms with Crippen LogP contribution >= 0.6 is 11.3 Å². The van der Waals surface area contributed by atoms with Gasteiger partial charge in [-0.3, -0.25) is 9.80 Å². The maximum Gasteiger partial charge on any atom is 0.0926 e. The first-order chi connectivity index (χ1) is 8.81. The van der Waals surface area contributed by atoms with Gasteiger partial charge in [0.15, 0.2) is 0 Å². The van der Waals surface area contributed by atoms with E-state index in [1.54, 1.807) is 18.4 Å². The summed E-state index contributed by atoms with van der Waals surface area (Å²) in [5.74, 6) is 0. The Balaban J connectivity index is 1.73. The minimum absolute atomic E-state index is 0.839. The molecule has 1 aliphatic heterocycles. The van der Waals surface area contributed by atoms with Gasteiger partial charge in [-0.1, -0.05) is 6.92 Å². The summed E-state index contributed by atoms with van der Waals surface area (Å²) in [6.07, 6.45) is 1.05. The summed E-state index contributed by atoms with van der Waals surface area (Å²) < 4.78 is 5.12. The molecular weight excluding hydrogens is 246 g/mol. The zero-order valence-corrected chi connectivity index (χ0v) is 12.2. The highest BCUT2D eigenvalue weighted by molar-refractivity contribution is 7.09. The van der Waals surface area contributed by atoms with E-state index in [0.717, 1.165) is 52.3 Å². The summed E-state index contributed by atoms with van der Waals surface area (Å²) in [5, 5.41) is 3.46. The number of piperazine rings is 1. The van der Waals surface area contributed by atoms with E-state index >= 15 is 0 Å². The zero-order valence-electron chi connectivity index (χ0n) is 11.4. The number of methoxy groups -OCH3 is 1. The Bertz CT molecular complexity index is 348. The Hall–Kier alpha value is -0.490. The van der Waals surface area contributed by atoms with Crippen LogP contribution in [0.2, 0.25) is 0 Å². The normalized spacial score (nSPS) is 18.3. The van der Waals surface area contributed by atoms with E-state index in [1.807, 2.05) is 0 Å². The highest BCUT2D eigenvalue weighted by atomic mass is 32.1. The van der Waals surface area contributed by atoms with E-state index in [2.05, 4.69) is 27.1 Å². The molecule has 0 N–H and O–H groups in total. The first-order valence-corrected chi connectivity index (χ1v) is 7.56. The number of rotatable bonds is 6. The average Bonchev–Trinajstić information content (AvgIpc) is 2.86. The van der Waals surface area contributed by atoms with Gasteiger partial charge in [-0.15, -0.1) is 11.3 Å². The quantitative estimate of drug-likeness (QED) is 0.782. The maximum absolute atomic E-state index is 5.12. The molecule has 1 aliphatic rings. The van der Waals surface area contributed by atoms with E-state index in [1.165, 1.54) is 10.7 Å². The third kappa shape index (κ3) is 4.02. The van der Waals surface area contributed by atoms with Gasteiger partial charge >= 0.3 is 0 Å². The van der Waals surface area contributed by atoms with Gasteiger partial charge < -0.3 is 4.74 Å². The van der Waals surface area contributed by atoms with Crippen molar-refractivity contribution in [3.63, 3.8) is 0 Å². The molecular formula is C13H23N3OS. The summed E-state index contributed by atoms with van der Waals surface area (Å²) in [6.45, 7) is 9.65. The van der Waals surface area contributed by atoms with E-state index in [0.29, 0.717) is 0 Å². The van der Waals surface area contributed by atoms with Crippen LogP contribution < -0.4 is 0 Å². The molecule has 1 fully saturated rings. The Kier molecular flexibility index (Phi) is 5.56. The number of thiazole rings is 1. The molecule has 1 saturated heterocycles. The molecule has 1 aromatic heterocycles. The number of nitrogens with zero attached hydrogens (tertiary/aromatic N) is 3. The fourth-order valence-corrected chi connectivity index (χ4v) is 2.94. The monoisotopic (exact) mass is 269 g/mol. The molecule has 0 saturated carbocycles. The topological polar surface area (TPSA) is 28.6 Å². The van der Waals surface area contributed by atoms with Crippen molar-refractivity contribution >= 4 is 11.3 Å². The Morgan fingerprint density at radius 1 is 1.28 bits per heavy atom. The molecule has 5 heteroatoms. The summed E-state index contributed by atoms with van der Waals surface area (Å²) in [6, 6.07) is 0. The Morgan fingerprint density at radius 3 is 2.61 bits per heavy atom. The number of ether oxygens (including phenoxy) is 1. The lowest BCUT2D eigenvalue weighted by Crippen LogP contribution is -2.46. The van der Waals surface area contributed by atoms with E-state index in [9.17, 15) is 0 Å². The predicted molar refractivity (Wildman–Crippen MR) is 75.1 cm³/mol.